The fourth-order valence-electron chi connectivity index (χ4n) is 3.23. The maximum absolute atomic E-state index is 12.5. The number of anilines is 1. The number of nitrogens with one attached hydrogen (secondary N) is 1. The first-order valence-electron chi connectivity index (χ1n) is 7.56. The molecule has 1 aromatic heterocycles. The third-order valence-corrected chi connectivity index (χ3v) is 6.00. The second-order valence-electron chi connectivity index (χ2n) is 6.50. The average molecular weight is 302 g/mol. The van der Waals surface area contributed by atoms with Crippen LogP contribution in [0.15, 0.2) is 18.2 Å². The average Bonchev–Trinajstić information content (AvgIpc) is 3.03. The highest BCUT2D eigenvalue weighted by molar-refractivity contribution is 7.21. The third-order valence-electron chi connectivity index (χ3n) is 4.64. The highest BCUT2D eigenvalue weighted by Gasteiger charge is 2.29. The smallest absolute Gasteiger partial charge is 0.263 e. The second kappa shape index (κ2) is 5.34. The molecule has 0 aliphatic heterocycles. The monoisotopic (exact) mass is 302 g/mol. The van der Waals surface area contributed by atoms with Crippen molar-refractivity contribution >= 4 is 33.0 Å². The number of hydrogen-bond donors (Lipinski definition) is 2. The predicted octanol–water partition coefficient (Wildman–Crippen LogP) is 4.10. The van der Waals surface area contributed by atoms with E-state index in [1.54, 1.807) is 0 Å². The predicted molar refractivity (Wildman–Crippen MR) is 89.9 cm³/mol. The van der Waals surface area contributed by atoms with Crippen molar-refractivity contribution in [3.8, 4) is 0 Å². The van der Waals surface area contributed by atoms with Crippen LogP contribution in [-0.2, 0) is 0 Å². The summed E-state index contributed by atoms with van der Waals surface area (Å²) in [5.41, 5.74) is 8.23. The zero-order valence-corrected chi connectivity index (χ0v) is 13.5. The topological polar surface area (TPSA) is 55.1 Å². The molecule has 4 heteroatoms. The van der Waals surface area contributed by atoms with Crippen molar-refractivity contribution in [1.82, 2.24) is 5.32 Å². The van der Waals surface area contributed by atoms with Gasteiger partial charge in [0, 0.05) is 16.6 Å². The van der Waals surface area contributed by atoms with Crippen LogP contribution in [0.1, 0.15) is 47.8 Å². The Kier molecular flexibility index (Phi) is 3.66. The summed E-state index contributed by atoms with van der Waals surface area (Å²) in [6.45, 7) is 5.07. The van der Waals surface area contributed by atoms with Crippen molar-refractivity contribution in [3.05, 3.63) is 28.6 Å². The Balaban J connectivity index is 1.81. The fourth-order valence-corrected chi connectivity index (χ4v) is 4.33. The molecule has 2 aromatic rings. The molecule has 1 fully saturated rings. The maximum Gasteiger partial charge on any atom is 0.263 e. The van der Waals surface area contributed by atoms with Gasteiger partial charge in [-0.3, -0.25) is 4.79 Å². The van der Waals surface area contributed by atoms with Crippen molar-refractivity contribution in [3.63, 3.8) is 0 Å². The van der Waals surface area contributed by atoms with Crippen LogP contribution in [0, 0.1) is 12.3 Å². The minimum Gasteiger partial charge on any atom is -0.397 e. The summed E-state index contributed by atoms with van der Waals surface area (Å²) in [5, 5.41) is 4.09. The first-order chi connectivity index (χ1) is 10.0. The number of aryl methyl sites for hydroxylation is 1. The van der Waals surface area contributed by atoms with Gasteiger partial charge in [0.05, 0.1) is 5.69 Å². The number of carbonyl (C=O) groups is 1. The molecule has 0 saturated heterocycles. The van der Waals surface area contributed by atoms with Crippen molar-refractivity contribution in [2.45, 2.75) is 39.5 Å². The molecule has 1 aromatic carbocycles. The molecule has 112 valence electrons. The largest absolute Gasteiger partial charge is 0.397 e. The lowest BCUT2D eigenvalue weighted by atomic mass is 9.89. The van der Waals surface area contributed by atoms with E-state index < -0.39 is 0 Å². The molecule has 0 unspecified atom stereocenters. The molecule has 0 spiro atoms. The molecule has 1 heterocycles. The molecular formula is C17H22N2OS. The van der Waals surface area contributed by atoms with Crippen LogP contribution >= 0.6 is 11.3 Å². The lowest BCUT2D eigenvalue weighted by molar-refractivity contribution is 0.0939. The van der Waals surface area contributed by atoms with Crippen LogP contribution in [-0.4, -0.2) is 12.5 Å². The van der Waals surface area contributed by atoms with Gasteiger partial charge < -0.3 is 11.1 Å². The Bertz CT molecular complexity index is 683. The van der Waals surface area contributed by atoms with Gasteiger partial charge in [-0.15, -0.1) is 11.3 Å². The van der Waals surface area contributed by atoms with Crippen LogP contribution < -0.4 is 11.1 Å². The van der Waals surface area contributed by atoms with E-state index in [4.69, 9.17) is 5.73 Å². The molecule has 1 aliphatic carbocycles. The first kappa shape index (κ1) is 14.4. The Labute approximate surface area is 129 Å². The van der Waals surface area contributed by atoms with E-state index in [0.717, 1.165) is 16.6 Å². The SMILES string of the molecule is Cc1cccc2c(N)c(C(=O)NCC3(C)CCCC3)sc12. The lowest BCUT2D eigenvalue weighted by Crippen LogP contribution is -2.34. The number of hydrogen-bond acceptors (Lipinski definition) is 3. The first-order valence-corrected chi connectivity index (χ1v) is 8.38. The number of rotatable bonds is 3. The number of benzene rings is 1. The molecule has 3 nitrogen and oxygen atoms in total. The van der Waals surface area contributed by atoms with Gasteiger partial charge in [0.25, 0.3) is 5.91 Å². The summed E-state index contributed by atoms with van der Waals surface area (Å²) >= 11 is 1.50. The van der Waals surface area contributed by atoms with Crippen molar-refractivity contribution in [2.75, 3.05) is 12.3 Å². The van der Waals surface area contributed by atoms with E-state index in [1.165, 1.54) is 42.6 Å². The normalized spacial score (nSPS) is 17.2. The van der Waals surface area contributed by atoms with Gasteiger partial charge >= 0.3 is 0 Å². The summed E-state index contributed by atoms with van der Waals surface area (Å²) < 4.78 is 1.12. The zero-order valence-electron chi connectivity index (χ0n) is 12.7. The van der Waals surface area contributed by atoms with Gasteiger partial charge in [-0.25, -0.2) is 0 Å². The number of fused-ring (bicyclic) bond motifs is 1. The van der Waals surface area contributed by atoms with Gasteiger partial charge in [0.15, 0.2) is 0 Å². The number of thiophene rings is 1. The summed E-state index contributed by atoms with van der Waals surface area (Å²) in [5.74, 6) is -0.0266. The van der Waals surface area contributed by atoms with Crippen LogP contribution in [0.5, 0.6) is 0 Å². The Morgan fingerprint density at radius 1 is 1.38 bits per heavy atom. The molecular weight excluding hydrogens is 280 g/mol. The Morgan fingerprint density at radius 2 is 2.10 bits per heavy atom. The molecule has 1 saturated carbocycles. The summed E-state index contributed by atoms with van der Waals surface area (Å²) in [6.07, 6.45) is 4.95. The molecule has 0 bridgehead atoms. The fraction of sp³-hybridized carbons (Fsp3) is 0.471. The molecule has 21 heavy (non-hydrogen) atoms. The highest BCUT2D eigenvalue weighted by Crippen LogP contribution is 2.38. The van der Waals surface area contributed by atoms with Gasteiger partial charge in [-0.05, 0) is 30.7 Å². The Hall–Kier alpha value is -1.55. The van der Waals surface area contributed by atoms with Gasteiger partial charge in [0.1, 0.15) is 4.88 Å². The van der Waals surface area contributed by atoms with E-state index >= 15 is 0 Å². The summed E-state index contributed by atoms with van der Waals surface area (Å²) in [7, 11) is 0. The third kappa shape index (κ3) is 2.64. The summed E-state index contributed by atoms with van der Waals surface area (Å²) in [4.78, 5) is 13.1. The minimum atomic E-state index is -0.0266. The van der Waals surface area contributed by atoms with Crippen molar-refractivity contribution in [2.24, 2.45) is 5.41 Å². The van der Waals surface area contributed by atoms with Gasteiger partial charge in [-0.2, -0.15) is 0 Å². The number of nitrogen functional groups attached to an aromatic ring is 1. The lowest BCUT2D eigenvalue weighted by Gasteiger charge is -2.23. The van der Waals surface area contributed by atoms with Crippen LogP contribution in [0.3, 0.4) is 0 Å². The zero-order chi connectivity index (χ0) is 15.0. The maximum atomic E-state index is 12.5. The summed E-state index contributed by atoms with van der Waals surface area (Å²) in [6, 6.07) is 6.03. The van der Waals surface area contributed by atoms with E-state index in [-0.39, 0.29) is 11.3 Å². The van der Waals surface area contributed by atoms with E-state index in [0.29, 0.717) is 10.6 Å². The standard InChI is InChI=1S/C17H22N2OS/c1-11-6-5-7-12-13(18)15(21-14(11)12)16(20)19-10-17(2)8-3-4-9-17/h5-7H,3-4,8-10,18H2,1-2H3,(H,19,20). The van der Waals surface area contributed by atoms with E-state index in [1.807, 2.05) is 12.1 Å². The number of amides is 1. The van der Waals surface area contributed by atoms with Crippen molar-refractivity contribution < 1.29 is 4.79 Å². The van der Waals surface area contributed by atoms with Crippen LogP contribution in [0.25, 0.3) is 10.1 Å². The van der Waals surface area contributed by atoms with E-state index in [2.05, 4.69) is 25.2 Å². The van der Waals surface area contributed by atoms with Gasteiger partial charge in [0.2, 0.25) is 0 Å². The molecule has 0 radical (unpaired) electrons. The quantitative estimate of drug-likeness (QED) is 0.896. The number of carbonyl (C=O) groups excluding carboxylic acids is 1. The molecule has 1 aliphatic rings. The molecule has 1 amide bonds. The van der Waals surface area contributed by atoms with E-state index in [9.17, 15) is 4.79 Å². The molecule has 3 N–H and O–H groups in total. The molecule has 0 atom stereocenters. The van der Waals surface area contributed by atoms with Crippen LogP contribution in [0.4, 0.5) is 5.69 Å². The van der Waals surface area contributed by atoms with Crippen molar-refractivity contribution in [1.29, 1.82) is 0 Å². The molecule has 3 rings (SSSR count). The highest BCUT2D eigenvalue weighted by atomic mass is 32.1. The van der Waals surface area contributed by atoms with Gasteiger partial charge in [-0.1, -0.05) is 38.0 Å². The Morgan fingerprint density at radius 3 is 2.76 bits per heavy atom. The minimum absolute atomic E-state index is 0.0266. The number of nitrogens with two attached hydrogens (primary N) is 1. The van der Waals surface area contributed by atoms with Crippen LogP contribution in [0.2, 0.25) is 0 Å². The second-order valence-corrected chi connectivity index (χ2v) is 7.52.